The second-order valence-corrected chi connectivity index (χ2v) is 9.11. The zero-order valence-electron chi connectivity index (χ0n) is 21.6. The SMILES string of the molecule is C=C/C=C(\C=C(\F)CC)CC(c1cncc(C#N)c1)C(C)NC(=O)C(C)(C)Oc1ccc(C(F)(F)F)cn1. The molecule has 0 aliphatic rings. The van der Waals surface area contributed by atoms with Gasteiger partial charge in [0.25, 0.3) is 5.91 Å². The molecule has 6 nitrogen and oxygen atoms in total. The third-order valence-corrected chi connectivity index (χ3v) is 5.72. The molecule has 0 aliphatic carbocycles. The number of nitrogens with one attached hydrogen (secondary N) is 1. The predicted octanol–water partition coefficient (Wildman–Crippen LogP) is 6.58. The summed E-state index contributed by atoms with van der Waals surface area (Å²) in [5.41, 5.74) is -0.828. The first-order valence-electron chi connectivity index (χ1n) is 11.9. The Balaban J connectivity index is 2.31. The molecule has 2 atom stereocenters. The molecule has 0 aliphatic heterocycles. The first-order valence-corrected chi connectivity index (χ1v) is 11.9. The van der Waals surface area contributed by atoms with E-state index >= 15 is 0 Å². The van der Waals surface area contributed by atoms with Crippen molar-refractivity contribution in [3.05, 3.63) is 89.7 Å². The number of rotatable bonds is 11. The number of carbonyl (C=O) groups is 1. The van der Waals surface area contributed by atoms with Crippen molar-refractivity contribution in [1.29, 1.82) is 5.26 Å². The van der Waals surface area contributed by atoms with Crippen LogP contribution in [0.1, 0.15) is 63.1 Å². The van der Waals surface area contributed by atoms with Crippen LogP contribution in [0.2, 0.25) is 0 Å². The van der Waals surface area contributed by atoms with Crippen LogP contribution in [0.15, 0.2) is 73.0 Å². The molecule has 1 amide bonds. The average Bonchev–Trinajstić information content (AvgIpc) is 2.86. The lowest BCUT2D eigenvalue weighted by Gasteiger charge is -2.30. The maximum Gasteiger partial charge on any atom is 0.417 e. The molecule has 2 rings (SSSR count). The fourth-order valence-electron chi connectivity index (χ4n) is 3.59. The van der Waals surface area contributed by atoms with Gasteiger partial charge in [0, 0.05) is 36.6 Å². The van der Waals surface area contributed by atoms with Gasteiger partial charge in [-0.2, -0.15) is 18.4 Å². The van der Waals surface area contributed by atoms with Gasteiger partial charge in [-0.1, -0.05) is 25.7 Å². The van der Waals surface area contributed by atoms with Gasteiger partial charge in [0.15, 0.2) is 5.60 Å². The lowest BCUT2D eigenvalue weighted by molar-refractivity contribution is -0.138. The molecule has 2 unspecified atom stereocenters. The van der Waals surface area contributed by atoms with Gasteiger partial charge in [0.1, 0.15) is 6.07 Å². The maximum absolute atomic E-state index is 14.1. The van der Waals surface area contributed by atoms with Crippen LogP contribution in [0.4, 0.5) is 17.6 Å². The Morgan fingerprint density at radius 2 is 1.97 bits per heavy atom. The van der Waals surface area contributed by atoms with Crippen LogP contribution in [0.5, 0.6) is 5.88 Å². The van der Waals surface area contributed by atoms with E-state index < -0.39 is 35.2 Å². The highest BCUT2D eigenvalue weighted by atomic mass is 19.4. The molecule has 0 spiro atoms. The number of pyridine rings is 2. The van der Waals surface area contributed by atoms with E-state index in [1.165, 1.54) is 32.2 Å². The summed E-state index contributed by atoms with van der Waals surface area (Å²) in [6.07, 6.45) is 4.19. The Bertz CT molecular complexity index is 1230. The second-order valence-electron chi connectivity index (χ2n) is 9.11. The van der Waals surface area contributed by atoms with E-state index in [0.717, 1.165) is 12.1 Å². The van der Waals surface area contributed by atoms with Crippen molar-refractivity contribution in [3.63, 3.8) is 0 Å². The number of ether oxygens (including phenoxy) is 1. The summed E-state index contributed by atoms with van der Waals surface area (Å²) in [4.78, 5) is 21.0. The van der Waals surface area contributed by atoms with Crippen LogP contribution < -0.4 is 10.1 Å². The molecule has 0 saturated heterocycles. The van der Waals surface area contributed by atoms with Crippen LogP contribution in [0, 0.1) is 11.3 Å². The summed E-state index contributed by atoms with van der Waals surface area (Å²) in [5, 5.41) is 12.2. The van der Waals surface area contributed by atoms with Crippen LogP contribution in [0.25, 0.3) is 0 Å². The van der Waals surface area contributed by atoms with Crippen molar-refractivity contribution in [2.45, 2.75) is 64.3 Å². The summed E-state index contributed by atoms with van der Waals surface area (Å²) < 4.78 is 58.2. The van der Waals surface area contributed by atoms with Crippen molar-refractivity contribution in [1.82, 2.24) is 15.3 Å². The number of alkyl halides is 3. The zero-order chi connectivity index (χ0) is 28.5. The fourth-order valence-corrected chi connectivity index (χ4v) is 3.59. The van der Waals surface area contributed by atoms with Crippen LogP contribution in [0.3, 0.4) is 0 Å². The molecule has 0 aromatic carbocycles. The van der Waals surface area contributed by atoms with Gasteiger partial charge >= 0.3 is 6.18 Å². The number of halogens is 4. The van der Waals surface area contributed by atoms with Crippen molar-refractivity contribution in [3.8, 4) is 11.9 Å². The van der Waals surface area contributed by atoms with E-state index in [9.17, 15) is 27.6 Å². The molecular weight excluding hydrogens is 500 g/mol. The Morgan fingerprint density at radius 3 is 2.53 bits per heavy atom. The highest BCUT2D eigenvalue weighted by Gasteiger charge is 2.35. The summed E-state index contributed by atoms with van der Waals surface area (Å²) in [7, 11) is 0. The Labute approximate surface area is 219 Å². The van der Waals surface area contributed by atoms with Gasteiger partial charge in [-0.05, 0) is 63.0 Å². The number of aromatic nitrogens is 2. The Kier molecular flexibility index (Phi) is 10.3. The van der Waals surface area contributed by atoms with Gasteiger partial charge < -0.3 is 10.1 Å². The molecule has 0 bridgehead atoms. The Hall–Kier alpha value is -4.00. The number of hydrogen-bond acceptors (Lipinski definition) is 5. The first-order chi connectivity index (χ1) is 17.8. The molecule has 0 saturated carbocycles. The smallest absolute Gasteiger partial charge is 0.417 e. The van der Waals surface area contributed by atoms with Gasteiger partial charge in [0.05, 0.1) is 17.0 Å². The minimum absolute atomic E-state index is 0.148. The van der Waals surface area contributed by atoms with Crippen molar-refractivity contribution >= 4 is 5.91 Å². The third kappa shape index (κ3) is 8.54. The molecule has 2 heterocycles. The largest absolute Gasteiger partial charge is 0.462 e. The van der Waals surface area contributed by atoms with E-state index in [0.29, 0.717) is 29.3 Å². The highest BCUT2D eigenvalue weighted by Crippen LogP contribution is 2.31. The topological polar surface area (TPSA) is 87.9 Å². The molecule has 2 aromatic heterocycles. The zero-order valence-corrected chi connectivity index (χ0v) is 21.6. The van der Waals surface area contributed by atoms with E-state index in [4.69, 9.17) is 4.74 Å². The van der Waals surface area contributed by atoms with E-state index in [2.05, 4.69) is 21.9 Å². The summed E-state index contributed by atoms with van der Waals surface area (Å²) >= 11 is 0. The Morgan fingerprint density at radius 1 is 1.26 bits per heavy atom. The number of hydrogen-bond donors (Lipinski definition) is 1. The lowest BCUT2D eigenvalue weighted by atomic mass is 9.86. The lowest BCUT2D eigenvalue weighted by Crippen LogP contribution is -2.50. The molecule has 202 valence electrons. The van der Waals surface area contributed by atoms with E-state index in [1.807, 2.05) is 6.07 Å². The number of nitriles is 1. The van der Waals surface area contributed by atoms with Crippen molar-refractivity contribution < 1.29 is 27.1 Å². The summed E-state index contributed by atoms with van der Waals surface area (Å²) in [6.45, 7) is 10.0. The van der Waals surface area contributed by atoms with Crippen LogP contribution in [-0.2, 0) is 11.0 Å². The maximum atomic E-state index is 14.1. The average molecular weight is 531 g/mol. The van der Waals surface area contributed by atoms with Crippen LogP contribution in [-0.4, -0.2) is 27.5 Å². The molecule has 10 heteroatoms. The minimum atomic E-state index is -4.55. The normalized spacial score (nSPS) is 14.3. The van der Waals surface area contributed by atoms with Gasteiger partial charge in [-0.25, -0.2) is 9.37 Å². The molecule has 0 fully saturated rings. The molecule has 2 aromatic rings. The van der Waals surface area contributed by atoms with Gasteiger partial charge in [0.2, 0.25) is 5.88 Å². The number of amides is 1. The first kappa shape index (κ1) is 30.2. The minimum Gasteiger partial charge on any atom is -0.462 e. The summed E-state index contributed by atoms with van der Waals surface area (Å²) in [5.74, 6) is -1.45. The standard InChI is InChI=1S/C28H30F4N4O2/c1-6-8-19(12-23(29)7-2)13-24(21-11-20(14-33)15-34-16-21)18(3)36-26(37)27(4,5)38-25-10-9-22(17-35-25)28(30,31)32/h6,8-12,15-18,24H,1,7,13H2,2-5H3,(H,36,37)/b19-8+,23-12+. The molecule has 0 radical (unpaired) electrons. The summed E-state index contributed by atoms with van der Waals surface area (Å²) in [6, 6.07) is 5.01. The molecule has 38 heavy (non-hydrogen) atoms. The number of allylic oxidation sites excluding steroid dienone is 5. The third-order valence-electron chi connectivity index (χ3n) is 5.72. The van der Waals surface area contributed by atoms with E-state index in [1.54, 1.807) is 32.2 Å². The highest BCUT2D eigenvalue weighted by molar-refractivity contribution is 5.85. The monoisotopic (exact) mass is 530 g/mol. The predicted molar refractivity (Wildman–Crippen MR) is 136 cm³/mol. The van der Waals surface area contributed by atoms with Crippen molar-refractivity contribution in [2.24, 2.45) is 0 Å². The van der Waals surface area contributed by atoms with Gasteiger partial charge in [-0.15, -0.1) is 0 Å². The number of nitrogens with zero attached hydrogens (tertiary/aromatic N) is 3. The van der Waals surface area contributed by atoms with Crippen LogP contribution >= 0.6 is 0 Å². The van der Waals surface area contributed by atoms with Crippen molar-refractivity contribution in [2.75, 3.05) is 0 Å². The quantitative estimate of drug-likeness (QED) is 0.262. The van der Waals surface area contributed by atoms with E-state index in [-0.39, 0.29) is 18.1 Å². The number of carbonyl (C=O) groups excluding carboxylic acids is 1. The fraction of sp³-hybridized carbons (Fsp3) is 0.357. The van der Waals surface area contributed by atoms with Gasteiger partial charge in [-0.3, -0.25) is 9.78 Å². The second kappa shape index (κ2) is 13.0. The molecule has 1 N–H and O–H groups in total. The molecular formula is C28H30F4N4O2.